The van der Waals surface area contributed by atoms with Crippen LogP contribution in [0.3, 0.4) is 0 Å². The van der Waals surface area contributed by atoms with E-state index in [0.29, 0.717) is 42.9 Å². The van der Waals surface area contributed by atoms with Gasteiger partial charge in [-0.3, -0.25) is 4.79 Å². The van der Waals surface area contributed by atoms with Crippen LogP contribution < -0.4 is 5.73 Å². The molecule has 8 nitrogen and oxygen atoms in total. The van der Waals surface area contributed by atoms with Gasteiger partial charge >= 0.3 is 5.97 Å². The number of nitrogens with two attached hydrogens (primary N) is 1. The van der Waals surface area contributed by atoms with E-state index in [-0.39, 0.29) is 40.2 Å². The molecule has 9 heteroatoms. The molecule has 12 atom stereocenters. The minimum absolute atomic E-state index is 0.100. The summed E-state index contributed by atoms with van der Waals surface area (Å²) in [5, 5.41) is 16.1. The Morgan fingerprint density at radius 1 is 1.15 bits per heavy atom. The van der Waals surface area contributed by atoms with Gasteiger partial charge in [-0.25, -0.2) is 9.67 Å². The number of ether oxygens (including phenoxy) is 2. The molecule has 0 spiro atoms. The second-order valence-electron chi connectivity index (χ2n) is 18.5. The van der Waals surface area contributed by atoms with E-state index in [1.807, 2.05) is 4.68 Å². The van der Waals surface area contributed by atoms with Gasteiger partial charge in [0.25, 0.3) is 0 Å². The number of hydrogen-bond acceptors (Lipinski definition) is 6. The predicted octanol–water partition coefficient (Wildman–Crippen LogP) is 7.82. The van der Waals surface area contributed by atoms with Gasteiger partial charge in [0.15, 0.2) is 0 Å². The highest BCUT2D eigenvalue weighted by Crippen LogP contribution is 2.75. The van der Waals surface area contributed by atoms with Crippen LogP contribution in [0.15, 0.2) is 18.0 Å². The molecule has 2 heterocycles. The first-order chi connectivity index (χ1) is 21.8. The highest BCUT2D eigenvalue weighted by molar-refractivity contribution is 6.28. The highest BCUT2D eigenvalue weighted by atomic mass is 35.5. The lowest BCUT2D eigenvalue weighted by Gasteiger charge is -2.71. The Morgan fingerprint density at radius 2 is 1.85 bits per heavy atom. The first kappa shape index (κ1) is 35.3. The largest absolute Gasteiger partial charge is 0.481 e. The molecule has 3 N–H and O–H groups in total. The maximum Gasteiger partial charge on any atom is 0.307 e. The monoisotopic (exact) mass is 672 g/mol. The molecular weight excluding hydrogens is 612 g/mol. The molecular formula is C38H61ClN4O4. The zero-order valence-electron chi connectivity index (χ0n) is 30.6. The summed E-state index contributed by atoms with van der Waals surface area (Å²) in [6.45, 7) is 24.2. The molecule has 0 amide bonds. The van der Waals surface area contributed by atoms with Crippen molar-refractivity contribution in [3.05, 3.63) is 23.3 Å². The summed E-state index contributed by atoms with van der Waals surface area (Å²) in [5.41, 5.74) is 6.42. The summed E-state index contributed by atoms with van der Waals surface area (Å²) in [5.74, 6) is 0.456. The predicted molar refractivity (Wildman–Crippen MR) is 185 cm³/mol. The van der Waals surface area contributed by atoms with E-state index in [0.717, 1.165) is 38.5 Å². The molecule has 4 fully saturated rings. The number of rotatable bonds is 8. The van der Waals surface area contributed by atoms with E-state index in [4.69, 9.17) is 26.8 Å². The van der Waals surface area contributed by atoms with Crippen LogP contribution in [0.5, 0.6) is 0 Å². The number of aliphatic carboxylic acids is 1. The number of allylic oxidation sites excluding steroid dienone is 1. The second kappa shape index (κ2) is 11.5. The van der Waals surface area contributed by atoms with Crippen molar-refractivity contribution in [2.24, 2.45) is 68.3 Å². The van der Waals surface area contributed by atoms with Crippen LogP contribution in [0.2, 0.25) is 5.28 Å². The van der Waals surface area contributed by atoms with Crippen molar-refractivity contribution in [3.63, 3.8) is 0 Å². The molecule has 2 bridgehead atoms. The minimum Gasteiger partial charge on any atom is -0.481 e. The van der Waals surface area contributed by atoms with Gasteiger partial charge in [0.1, 0.15) is 6.33 Å². The van der Waals surface area contributed by atoms with Gasteiger partial charge in [-0.2, -0.15) is 5.10 Å². The van der Waals surface area contributed by atoms with Crippen LogP contribution in [-0.2, 0) is 14.3 Å². The molecule has 5 aliphatic rings. The van der Waals surface area contributed by atoms with Crippen molar-refractivity contribution in [2.45, 2.75) is 125 Å². The van der Waals surface area contributed by atoms with Crippen LogP contribution in [0.1, 0.15) is 114 Å². The highest BCUT2D eigenvalue weighted by Gasteiger charge is 2.72. The van der Waals surface area contributed by atoms with Crippen molar-refractivity contribution in [2.75, 3.05) is 19.8 Å². The Labute approximate surface area is 288 Å². The van der Waals surface area contributed by atoms with Crippen molar-refractivity contribution in [1.29, 1.82) is 0 Å². The maximum atomic E-state index is 13.5. The smallest absolute Gasteiger partial charge is 0.307 e. The normalized spacial score (nSPS) is 45.0. The molecule has 1 saturated heterocycles. The summed E-state index contributed by atoms with van der Waals surface area (Å²) < 4.78 is 15.8. The Kier molecular flexibility index (Phi) is 8.67. The van der Waals surface area contributed by atoms with Gasteiger partial charge in [0, 0.05) is 11.0 Å². The summed E-state index contributed by atoms with van der Waals surface area (Å²) >= 11 is 6.75. The van der Waals surface area contributed by atoms with E-state index < -0.39 is 28.3 Å². The van der Waals surface area contributed by atoms with Crippen LogP contribution in [-0.4, -0.2) is 57.3 Å². The number of fused-ring (bicyclic) bond motifs is 3. The van der Waals surface area contributed by atoms with E-state index >= 15 is 0 Å². The number of carboxylic acid groups (broad SMARTS) is 1. The van der Waals surface area contributed by atoms with Crippen molar-refractivity contribution >= 4 is 17.6 Å². The first-order valence-corrected chi connectivity index (χ1v) is 18.6. The summed E-state index contributed by atoms with van der Waals surface area (Å²) in [4.78, 5) is 17.8. The van der Waals surface area contributed by atoms with Crippen molar-refractivity contribution in [3.8, 4) is 0 Å². The van der Waals surface area contributed by atoms with Gasteiger partial charge in [-0.05, 0) is 108 Å². The fourth-order valence-corrected chi connectivity index (χ4v) is 12.2. The molecule has 47 heavy (non-hydrogen) atoms. The third-order valence-corrected chi connectivity index (χ3v) is 16.0. The van der Waals surface area contributed by atoms with E-state index in [1.165, 1.54) is 11.9 Å². The maximum absolute atomic E-state index is 13.5. The standard InChI is InChI=1S/C38H61ClN4O4/c1-22(2)24(5)34(7)15-16-35(8)25-11-12-28-33(6)17-27(43-32(39)41-21-42-43)30(47-19-37(10,40)23(3)4)38(28,20-46-18-33)26(25)13-14-36(35,9)29(34)31(44)45/h13,21-25,27-30H,11-12,14-20,40H2,1-10H3,(H,44,45)/t24-,25+,27-,28-,29-,30+,33-,34-,35-,36+,37+,38+/m1/s1. The van der Waals surface area contributed by atoms with E-state index in [2.05, 4.69) is 85.4 Å². The molecule has 264 valence electrons. The lowest BCUT2D eigenvalue weighted by Crippen LogP contribution is -2.70. The molecule has 0 aromatic carbocycles. The number of carbonyl (C=O) groups is 1. The molecule has 1 aromatic rings. The minimum atomic E-state index is -0.638. The van der Waals surface area contributed by atoms with Crippen LogP contribution in [0.4, 0.5) is 0 Å². The van der Waals surface area contributed by atoms with E-state index in [1.54, 1.807) is 0 Å². The summed E-state index contributed by atoms with van der Waals surface area (Å²) in [6, 6.07) is -0.132. The van der Waals surface area contributed by atoms with Crippen molar-refractivity contribution < 1.29 is 19.4 Å². The number of halogens is 1. The number of carboxylic acids is 1. The number of nitrogens with zero attached hydrogens (tertiary/aromatic N) is 3. The van der Waals surface area contributed by atoms with Crippen LogP contribution >= 0.6 is 11.6 Å². The van der Waals surface area contributed by atoms with Gasteiger partial charge in [0.05, 0.1) is 37.9 Å². The molecule has 6 rings (SSSR count). The fraction of sp³-hybridized carbons (Fsp3) is 0.868. The number of aromatic nitrogens is 3. The molecule has 3 saturated carbocycles. The van der Waals surface area contributed by atoms with Gasteiger partial charge in [-0.15, -0.1) is 0 Å². The van der Waals surface area contributed by atoms with Crippen molar-refractivity contribution in [1.82, 2.24) is 14.8 Å². The van der Waals surface area contributed by atoms with Crippen LogP contribution in [0, 0.1) is 62.6 Å². The molecule has 1 aliphatic heterocycles. The Balaban J connectivity index is 1.52. The third-order valence-electron chi connectivity index (χ3n) is 15.7. The SMILES string of the molecule is CC(C)[C@@H](C)[C@@]1(C)CC[C@]2(C)[C@H]3CC[C@@H]4[C@@]5(C)COC[C@@]4(C3=CC[C@@]2(C)[C@@H]1C(=O)O)[C@@H](OC[C@](C)(N)C(C)C)[C@H](n1ncnc1Cl)C5. The molecule has 0 unspecified atom stereocenters. The average molecular weight is 673 g/mol. The molecule has 4 aliphatic carbocycles. The van der Waals surface area contributed by atoms with Gasteiger partial charge < -0.3 is 20.3 Å². The van der Waals surface area contributed by atoms with Gasteiger partial charge in [-0.1, -0.05) is 74.0 Å². The molecule has 0 radical (unpaired) electrons. The first-order valence-electron chi connectivity index (χ1n) is 18.3. The van der Waals surface area contributed by atoms with E-state index in [9.17, 15) is 9.90 Å². The Hall–Kier alpha value is -1.48. The van der Waals surface area contributed by atoms with Crippen LogP contribution in [0.25, 0.3) is 0 Å². The quantitative estimate of drug-likeness (QED) is 0.271. The second-order valence-corrected chi connectivity index (χ2v) is 18.9. The third kappa shape index (κ3) is 4.87. The lowest BCUT2D eigenvalue weighted by molar-refractivity contribution is -0.254. The fourth-order valence-electron chi connectivity index (χ4n) is 12.0. The lowest BCUT2D eigenvalue weighted by atomic mass is 9.34. The zero-order valence-corrected chi connectivity index (χ0v) is 31.4. The molecule has 1 aromatic heterocycles. The van der Waals surface area contributed by atoms with Gasteiger partial charge in [0.2, 0.25) is 5.28 Å². The Bertz CT molecular complexity index is 1410. The topological polar surface area (TPSA) is 112 Å². The summed E-state index contributed by atoms with van der Waals surface area (Å²) in [6.07, 6.45) is 9.36. The Morgan fingerprint density at radius 3 is 2.45 bits per heavy atom. The summed E-state index contributed by atoms with van der Waals surface area (Å²) in [7, 11) is 0. The zero-order chi connectivity index (χ0) is 34.5. The average Bonchev–Trinajstić information content (AvgIpc) is 3.41. The number of hydrogen-bond donors (Lipinski definition) is 2.